The van der Waals surface area contributed by atoms with Crippen LogP contribution < -0.4 is 19.7 Å². The number of nitrogens with one attached hydrogen (secondary N) is 1. The number of ether oxygens (including phenoxy) is 2. The first kappa shape index (κ1) is 20.9. The maximum absolute atomic E-state index is 13.1. The molecular weight excluding hydrogens is 373 g/mol. The van der Waals surface area contributed by atoms with Crippen LogP contribution in [0.1, 0.15) is 5.56 Å². The highest BCUT2D eigenvalue weighted by molar-refractivity contribution is 5.78. The number of rotatable bonds is 8. The standard InChI is InChI=1S/C22H28FN3O3/c1-28-20-8-3-17(15-21(20)29-2)9-10-24-22(27)16-25-11-13-26(14-12-25)19-6-4-18(23)5-7-19/h3-8,15H,9-14,16H2,1-2H3,(H,24,27). The van der Waals surface area contributed by atoms with Gasteiger partial charge >= 0.3 is 0 Å². The zero-order valence-corrected chi connectivity index (χ0v) is 17.0. The SMILES string of the molecule is COc1ccc(CCNC(=O)CN2CCN(c3ccc(F)cc3)CC2)cc1OC. The van der Waals surface area contributed by atoms with E-state index < -0.39 is 0 Å². The molecule has 1 aliphatic heterocycles. The van der Waals surface area contributed by atoms with Gasteiger partial charge in [0.1, 0.15) is 5.82 Å². The van der Waals surface area contributed by atoms with Crippen LogP contribution in [0.25, 0.3) is 0 Å². The molecule has 2 aromatic rings. The number of benzene rings is 2. The molecule has 0 aromatic heterocycles. The molecular formula is C22H28FN3O3. The highest BCUT2D eigenvalue weighted by atomic mass is 19.1. The van der Waals surface area contributed by atoms with Crippen molar-refractivity contribution in [2.45, 2.75) is 6.42 Å². The van der Waals surface area contributed by atoms with Gasteiger partial charge in [-0.3, -0.25) is 9.69 Å². The van der Waals surface area contributed by atoms with E-state index in [0.717, 1.165) is 43.9 Å². The van der Waals surface area contributed by atoms with Gasteiger partial charge < -0.3 is 19.7 Å². The Kier molecular flexibility index (Phi) is 7.30. The van der Waals surface area contributed by atoms with Gasteiger partial charge in [0.05, 0.1) is 20.8 Å². The first-order chi connectivity index (χ1) is 14.1. The minimum absolute atomic E-state index is 0.0284. The number of carbonyl (C=O) groups excluding carboxylic acids is 1. The van der Waals surface area contributed by atoms with Gasteiger partial charge in [0.25, 0.3) is 0 Å². The van der Waals surface area contributed by atoms with Gasteiger partial charge in [-0.1, -0.05) is 6.07 Å². The summed E-state index contributed by atoms with van der Waals surface area (Å²) in [6, 6.07) is 12.3. The summed E-state index contributed by atoms with van der Waals surface area (Å²) < 4.78 is 23.6. The molecule has 0 aliphatic carbocycles. The van der Waals surface area contributed by atoms with Crippen molar-refractivity contribution in [1.29, 1.82) is 0 Å². The van der Waals surface area contributed by atoms with E-state index >= 15 is 0 Å². The lowest BCUT2D eigenvalue weighted by atomic mass is 10.1. The maximum Gasteiger partial charge on any atom is 0.234 e. The second kappa shape index (κ2) is 10.1. The van der Waals surface area contributed by atoms with Crippen molar-refractivity contribution < 1.29 is 18.7 Å². The summed E-state index contributed by atoms with van der Waals surface area (Å²) in [4.78, 5) is 16.6. The van der Waals surface area contributed by atoms with Crippen LogP contribution in [0.3, 0.4) is 0 Å². The Hall–Kier alpha value is -2.80. The molecule has 2 aromatic carbocycles. The zero-order chi connectivity index (χ0) is 20.6. The third-order valence-electron chi connectivity index (χ3n) is 5.12. The van der Waals surface area contributed by atoms with E-state index in [-0.39, 0.29) is 11.7 Å². The number of methoxy groups -OCH3 is 2. The fourth-order valence-corrected chi connectivity index (χ4v) is 3.46. The lowest BCUT2D eigenvalue weighted by Crippen LogP contribution is -2.49. The predicted octanol–water partition coefficient (Wildman–Crippen LogP) is 2.32. The van der Waals surface area contributed by atoms with Crippen molar-refractivity contribution in [3.05, 3.63) is 53.8 Å². The maximum atomic E-state index is 13.1. The van der Waals surface area contributed by atoms with Crippen LogP contribution in [0.2, 0.25) is 0 Å². The molecule has 1 N–H and O–H groups in total. The van der Waals surface area contributed by atoms with Crippen LogP contribution in [-0.2, 0) is 11.2 Å². The third kappa shape index (κ3) is 5.84. The Balaban J connectivity index is 1.39. The second-order valence-electron chi connectivity index (χ2n) is 7.03. The number of piperazine rings is 1. The van der Waals surface area contributed by atoms with Crippen molar-refractivity contribution in [2.75, 3.05) is 58.4 Å². The molecule has 29 heavy (non-hydrogen) atoms. The van der Waals surface area contributed by atoms with Crippen LogP contribution in [0.4, 0.5) is 10.1 Å². The number of hydrogen-bond donors (Lipinski definition) is 1. The molecule has 0 unspecified atom stereocenters. The van der Waals surface area contributed by atoms with E-state index in [1.54, 1.807) is 26.4 Å². The van der Waals surface area contributed by atoms with Crippen molar-refractivity contribution in [2.24, 2.45) is 0 Å². The van der Waals surface area contributed by atoms with Crippen LogP contribution in [-0.4, -0.2) is 64.3 Å². The second-order valence-corrected chi connectivity index (χ2v) is 7.03. The molecule has 0 saturated carbocycles. The average Bonchev–Trinajstić information content (AvgIpc) is 2.75. The summed E-state index contributed by atoms with van der Waals surface area (Å²) in [5.41, 5.74) is 2.10. The number of hydrogen-bond acceptors (Lipinski definition) is 5. The number of carbonyl (C=O) groups is 1. The van der Waals surface area contributed by atoms with Gasteiger partial charge in [-0.05, 0) is 48.4 Å². The highest BCUT2D eigenvalue weighted by Crippen LogP contribution is 2.27. The van der Waals surface area contributed by atoms with Gasteiger partial charge in [-0.25, -0.2) is 4.39 Å². The van der Waals surface area contributed by atoms with E-state index in [4.69, 9.17) is 9.47 Å². The Morgan fingerprint density at radius 2 is 1.69 bits per heavy atom. The Morgan fingerprint density at radius 1 is 1.00 bits per heavy atom. The Morgan fingerprint density at radius 3 is 2.34 bits per heavy atom. The molecule has 1 saturated heterocycles. The van der Waals surface area contributed by atoms with Crippen LogP contribution >= 0.6 is 0 Å². The summed E-state index contributed by atoms with van der Waals surface area (Å²) in [6.07, 6.45) is 0.727. The Bertz CT molecular complexity index is 805. The molecule has 1 aliphatic rings. The van der Waals surface area contributed by atoms with E-state index in [1.165, 1.54) is 12.1 Å². The average molecular weight is 401 g/mol. The smallest absolute Gasteiger partial charge is 0.234 e. The molecule has 1 fully saturated rings. The van der Waals surface area contributed by atoms with Crippen LogP contribution in [0, 0.1) is 5.82 Å². The van der Waals surface area contributed by atoms with Gasteiger partial charge in [0.15, 0.2) is 11.5 Å². The van der Waals surface area contributed by atoms with E-state index in [2.05, 4.69) is 15.1 Å². The molecule has 1 amide bonds. The monoisotopic (exact) mass is 401 g/mol. The number of anilines is 1. The summed E-state index contributed by atoms with van der Waals surface area (Å²) in [7, 11) is 3.22. The summed E-state index contributed by atoms with van der Waals surface area (Å²) >= 11 is 0. The minimum atomic E-state index is -0.225. The summed E-state index contributed by atoms with van der Waals surface area (Å²) in [6.45, 7) is 4.23. The van der Waals surface area contributed by atoms with Crippen molar-refractivity contribution in [1.82, 2.24) is 10.2 Å². The van der Waals surface area contributed by atoms with Crippen LogP contribution in [0.15, 0.2) is 42.5 Å². The van der Waals surface area contributed by atoms with Gasteiger partial charge in [0.2, 0.25) is 5.91 Å². The normalized spacial score (nSPS) is 14.5. The first-order valence-corrected chi connectivity index (χ1v) is 9.79. The van der Waals surface area contributed by atoms with E-state index in [0.29, 0.717) is 24.6 Å². The van der Waals surface area contributed by atoms with E-state index in [1.807, 2.05) is 18.2 Å². The fraction of sp³-hybridized carbons (Fsp3) is 0.409. The molecule has 1 heterocycles. The van der Waals surface area contributed by atoms with Gasteiger partial charge in [-0.15, -0.1) is 0 Å². The molecule has 156 valence electrons. The summed E-state index contributed by atoms with van der Waals surface area (Å²) in [5.74, 6) is 1.19. The number of amides is 1. The number of nitrogens with zero attached hydrogens (tertiary/aromatic N) is 2. The molecule has 0 bridgehead atoms. The fourth-order valence-electron chi connectivity index (χ4n) is 3.46. The lowest BCUT2D eigenvalue weighted by Gasteiger charge is -2.35. The van der Waals surface area contributed by atoms with Gasteiger partial charge in [-0.2, -0.15) is 0 Å². The van der Waals surface area contributed by atoms with Gasteiger partial charge in [0, 0.05) is 38.4 Å². The minimum Gasteiger partial charge on any atom is -0.493 e. The lowest BCUT2D eigenvalue weighted by molar-refractivity contribution is -0.122. The molecule has 7 heteroatoms. The Labute approximate surface area is 171 Å². The zero-order valence-electron chi connectivity index (χ0n) is 17.0. The highest BCUT2D eigenvalue weighted by Gasteiger charge is 2.19. The molecule has 0 spiro atoms. The molecule has 0 radical (unpaired) electrons. The number of halogens is 1. The molecule has 3 rings (SSSR count). The van der Waals surface area contributed by atoms with Crippen molar-refractivity contribution in [3.8, 4) is 11.5 Å². The van der Waals surface area contributed by atoms with Crippen molar-refractivity contribution in [3.63, 3.8) is 0 Å². The van der Waals surface area contributed by atoms with Crippen LogP contribution in [0.5, 0.6) is 11.5 Å². The third-order valence-corrected chi connectivity index (χ3v) is 5.12. The van der Waals surface area contributed by atoms with E-state index in [9.17, 15) is 9.18 Å². The quantitative estimate of drug-likeness (QED) is 0.736. The first-order valence-electron chi connectivity index (χ1n) is 9.79. The topological polar surface area (TPSA) is 54.0 Å². The molecule has 6 nitrogen and oxygen atoms in total. The molecule has 0 atom stereocenters. The summed E-state index contributed by atoms with van der Waals surface area (Å²) in [5, 5.41) is 2.99. The van der Waals surface area contributed by atoms with Crippen molar-refractivity contribution >= 4 is 11.6 Å². The predicted molar refractivity (Wildman–Crippen MR) is 111 cm³/mol. The largest absolute Gasteiger partial charge is 0.493 e.